The summed E-state index contributed by atoms with van der Waals surface area (Å²) in [6, 6.07) is 10.8. The summed E-state index contributed by atoms with van der Waals surface area (Å²) in [5, 5.41) is 3.48. The first-order chi connectivity index (χ1) is 8.77. The van der Waals surface area contributed by atoms with E-state index in [0.717, 1.165) is 26.1 Å². The quantitative estimate of drug-likeness (QED) is 0.724. The Morgan fingerprint density at radius 1 is 1.22 bits per heavy atom. The molecular formula is C16H27NO. The number of methoxy groups -OCH3 is 1. The first-order valence-electron chi connectivity index (χ1n) is 7.02. The SMILES string of the molecule is CCNCC(CC(C)CCOC)c1ccccc1. The van der Waals surface area contributed by atoms with Crippen molar-refractivity contribution in [3.63, 3.8) is 0 Å². The molecule has 1 N–H and O–H groups in total. The summed E-state index contributed by atoms with van der Waals surface area (Å²) in [5.74, 6) is 1.31. The van der Waals surface area contributed by atoms with E-state index >= 15 is 0 Å². The summed E-state index contributed by atoms with van der Waals surface area (Å²) in [6.45, 7) is 7.45. The lowest BCUT2D eigenvalue weighted by Crippen LogP contribution is -2.23. The molecule has 2 nitrogen and oxygen atoms in total. The van der Waals surface area contributed by atoms with Gasteiger partial charge in [-0.25, -0.2) is 0 Å². The first-order valence-corrected chi connectivity index (χ1v) is 7.02. The normalized spacial score (nSPS) is 14.4. The lowest BCUT2D eigenvalue weighted by Gasteiger charge is -2.21. The van der Waals surface area contributed by atoms with Crippen molar-refractivity contribution in [2.24, 2.45) is 5.92 Å². The van der Waals surface area contributed by atoms with Gasteiger partial charge in [0.2, 0.25) is 0 Å². The Labute approximate surface area is 112 Å². The van der Waals surface area contributed by atoms with Crippen LogP contribution in [0.15, 0.2) is 30.3 Å². The maximum atomic E-state index is 5.17. The molecule has 0 spiro atoms. The monoisotopic (exact) mass is 249 g/mol. The molecule has 0 saturated heterocycles. The molecule has 1 rings (SSSR count). The highest BCUT2D eigenvalue weighted by atomic mass is 16.5. The third kappa shape index (κ3) is 5.65. The fraction of sp³-hybridized carbons (Fsp3) is 0.625. The van der Waals surface area contributed by atoms with E-state index in [2.05, 4.69) is 49.5 Å². The summed E-state index contributed by atoms with van der Waals surface area (Å²) in [4.78, 5) is 0. The number of ether oxygens (including phenoxy) is 1. The number of rotatable bonds is 9. The van der Waals surface area contributed by atoms with Crippen LogP contribution < -0.4 is 5.32 Å². The number of likely N-dealkylation sites (N-methyl/N-ethyl adjacent to an activating group) is 1. The summed E-state index contributed by atoms with van der Waals surface area (Å²) in [6.07, 6.45) is 2.37. The summed E-state index contributed by atoms with van der Waals surface area (Å²) in [5.41, 5.74) is 1.45. The Balaban J connectivity index is 2.55. The number of hydrogen-bond acceptors (Lipinski definition) is 2. The molecule has 2 heteroatoms. The Bertz CT molecular complexity index is 299. The van der Waals surface area contributed by atoms with Gasteiger partial charge in [0.15, 0.2) is 0 Å². The second-order valence-electron chi connectivity index (χ2n) is 5.04. The molecule has 0 radical (unpaired) electrons. The van der Waals surface area contributed by atoms with Crippen LogP contribution in [-0.4, -0.2) is 26.8 Å². The molecule has 0 heterocycles. The molecule has 0 aromatic heterocycles. The van der Waals surface area contributed by atoms with E-state index in [1.54, 1.807) is 7.11 Å². The van der Waals surface area contributed by atoms with Gasteiger partial charge in [-0.3, -0.25) is 0 Å². The van der Waals surface area contributed by atoms with Crippen LogP contribution in [0, 0.1) is 5.92 Å². The summed E-state index contributed by atoms with van der Waals surface area (Å²) >= 11 is 0. The molecule has 2 atom stereocenters. The van der Waals surface area contributed by atoms with Gasteiger partial charge in [-0.1, -0.05) is 44.2 Å². The summed E-state index contributed by atoms with van der Waals surface area (Å²) < 4.78 is 5.17. The highest BCUT2D eigenvalue weighted by molar-refractivity contribution is 5.19. The van der Waals surface area contributed by atoms with Crippen molar-refractivity contribution in [2.75, 3.05) is 26.8 Å². The van der Waals surface area contributed by atoms with Crippen LogP contribution in [0.1, 0.15) is 38.2 Å². The van der Waals surface area contributed by atoms with Crippen molar-refractivity contribution in [2.45, 2.75) is 32.6 Å². The van der Waals surface area contributed by atoms with Gasteiger partial charge in [-0.05, 0) is 36.8 Å². The molecule has 2 unspecified atom stereocenters. The molecular weight excluding hydrogens is 222 g/mol. The molecule has 1 aromatic carbocycles. The zero-order valence-electron chi connectivity index (χ0n) is 12.0. The predicted octanol–water partition coefficient (Wildman–Crippen LogP) is 3.44. The summed E-state index contributed by atoms with van der Waals surface area (Å²) in [7, 11) is 1.78. The van der Waals surface area contributed by atoms with E-state index in [0.29, 0.717) is 11.8 Å². The highest BCUT2D eigenvalue weighted by Gasteiger charge is 2.14. The topological polar surface area (TPSA) is 21.3 Å². The molecule has 0 aliphatic carbocycles. The first kappa shape index (κ1) is 15.2. The zero-order chi connectivity index (χ0) is 13.2. The van der Waals surface area contributed by atoms with Gasteiger partial charge in [-0.2, -0.15) is 0 Å². The molecule has 18 heavy (non-hydrogen) atoms. The van der Waals surface area contributed by atoms with Gasteiger partial charge < -0.3 is 10.1 Å². The molecule has 0 aliphatic rings. The Hall–Kier alpha value is -0.860. The van der Waals surface area contributed by atoms with Crippen molar-refractivity contribution in [3.05, 3.63) is 35.9 Å². The maximum absolute atomic E-state index is 5.17. The van der Waals surface area contributed by atoms with E-state index < -0.39 is 0 Å². The molecule has 102 valence electrons. The van der Waals surface area contributed by atoms with Crippen molar-refractivity contribution in [1.29, 1.82) is 0 Å². The largest absolute Gasteiger partial charge is 0.385 e. The standard InChI is InChI=1S/C16H27NO/c1-4-17-13-16(12-14(2)10-11-18-3)15-8-6-5-7-9-15/h5-9,14,16-17H,4,10-13H2,1-3H3. The molecule has 0 fully saturated rings. The van der Waals surface area contributed by atoms with Crippen molar-refractivity contribution in [1.82, 2.24) is 5.32 Å². The van der Waals surface area contributed by atoms with E-state index in [1.807, 2.05) is 0 Å². The minimum Gasteiger partial charge on any atom is -0.385 e. The number of benzene rings is 1. The van der Waals surface area contributed by atoms with Crippen LogP contribution in [0.5, 0.6) is 0 Å². The van der Waals surface area contributed by atoms with Crippen LogP contribution >= 0.6 is 0 Å². The van der Waals surface area contributed by atoms with Gasteiger partial charge in [0, 0.05) is 20.3 Å². The van der Waals surface area contributed by atoms with E-state index in [9.17, 15) is 0 Å². The van der Waals surface area contributed by atoms with Gasteiger partial charge in [0.1, 0.15) is 0 Å². The maximum Gasteiger partial charge on any atom is 0.0464 e. The van der Waals surface area contributed by atoms with Gasteiger partial charge >= 0.3 is 0 Å². The van der Waals surface area contributed by atoms with E-state index in [4.69, 9.17) is 4.74 Å². The minimum absolute atomic E-state index is 0.609. The predicted molar refractivity (Wildman–Crippen MR) is 78.0 cm³/mol. The molecule has 0 bridgehead atoms. The second-order valence-corrected chi connectivity index (χ2v) is 5.04. The highest BCUT2D eigenvalue weighted by Crippen LogP contribution is 2.24. The van der Waals surface area contributed by atoms with E-state index in [1.165, 1.54) is 12.0 Å². The van der Waals surface area contributed by atoms with Crippen molar-refractivity contribution < 1.29 is 4.74 Å². The van der Waals surface area contributed by atoms with Crippen molar-refractivity contribution >= 4 is 0 Å². The van der Waals surface area contributed by atoms with Crippen LogP contribution in [0.25, 0.3) is 0 Å². The smallest absolute Gasteiger partial charge is 0.0464 e. The second kappa shape index (κ2) is 9.12. The zero-order valence-corrected chi connectivity index (χ0v) is 12.0. The minimum atomic E-state index is 0.609. The number of nitrogens with one attached hydrogen (secondary N) is 1. The van der Waals surface area contributed by atoms with Crippen LogP contribution in [0.3, 0.4) is 0 Å². The lowest BCUT2D eigenvalue weighted by molar-refractivity contribution is 0.176. The average Bonchev–Trinajstić information content (AvgIpc) is 2.42. The number of hydrogen-bond donors (Lipinski definition) is 1. The lowest BCUT2D eigenvalue weighted by atomic mass is 9.88. The average molecular weight is 249 g/mol. The molecule has 0 saturated carbocycles. The third-order valence-electron chi connectivity index (χ3n) is 3.41. The Morgan fingerprint density at radius 3 is 2.56 bits per heavy atom. The third-order valence-corrected chi connectivity index (χ3v) is 3.41. The van der Waals surface area contributed by atoms with Crippen molar-refractivity contribution in [3.8, 4) is 0 Å². The van der Waals surface area contributed by atoms with Gasteiger partial charge in [-0.15, -0.1) is 0 Å². The Kier molecular flexibility index (Phi) is 7.70. The van der Waals surface area contributed by atoms with Gasteiger partial charge in [0.05, 0.1) is 0 Å². The Morgan fingerprint density at radius 2 is 1.94 bits per heavy atom. The van der Waals surface area contributed by atoms with Crippen LogP contribution in [-0.2, 0) is 4.74 Å². The van der Waals surface area contributed by atoms with Gasteiger partial charge in [0.25, 0.3) is 0 Å². The molecule has 0 aliphatic heterocycles. The molecule has 1 aromatic rings. The van der Waals surface area contributed by atoms with E-state index in [-0.39, 0.29) is 0 Å². The fourth-order valence-corrected chi connectivity index (χ4v) is 2.30. The fourth-order valence-electron chi connectivity index (χ4n) is 2.30. The van der Waals surface area contributed by atoms with Crippen LogP contribution in [0.4, 0.5) is 0 Å². The van der Waals surface area contributed by atoms with Crippen LogP contribution in [0.2, 0.25) is 0 Å². The molecule has 0 amide bonds.